The van der Waals surface area contributed by atoms with Crippen LogP contribution in [0.5, 0.6) is 5.75 Å². The monoisotopic (exact) mass is 257 g/mol. The standard InChI is InChI=1S/C11H12ClNO4/c1-7(14)10(12)6-8-5-9(13(15)16)3-4-11(8)17-2/h3-5,10H,6H2,1-2H3. The van der Waals surface area contributed by atoms with Crippen molar-refractivity contribution in [1.82, 2.24) is 0 Å². The molecule has 92 valence electrons. The first-order valence-electron chi connectivity index (χ1n) is 4.91. The van der Waals surface area contributed by atoms with Gasteiger partial charge in [-0.15, -0.1) is 11.6 Å². The second-order valence-corrected chi connectivity index (χ2v) is 4.06. The second kappa shape index (κ2) is 5.63. The molecule has 0 amide bonds. The van der Waals surface area contributed by atoms with E-state index in [1.54, 1.807) is 0 Å². The van der Waals surface area contributed by atoms with Crippen LogP contribution in [0.15, 0.2) is 18.2 Å². The lowest BCUT2D eigenvalue weighted by atomic mass is 10.1. The first-order valence-corrected chi connectivity index (χ1v) is 5.35. The zero-order valence-corrected chi connectivity index (χ0v) is 10.2. The number of hydrogen-bond acceptors (Lipinski definition) is 4. The van der Waals surface area contributed by atoms with Gasteiger partial charge in [-0.3, -0.25) is 14.9 Å². The predicted molar refractivity (Wildman–Crippen MR) is 63.7 cm³/mol. The summed E-state index contributed by atoms with van der Waals surface area (Å²) in [5, 5.41) is 9.93. The number of nitro groups is 1. The van der Waals surface area contributed by atoms with E-state index in [0.717, 1.165) is 0 Å². The number of nitrogens with zero attached hydrogens (tertiary/aromatic N) is 1. The molecule has 0 aromatic heterocycles. The smallest absolute Gasteiger partial charge is 0.269 e. The zero-order chi connectivity index (χ0) is 13.0. The Labute approximate surface area is 103 Å². The summed E-state index contributed by atoms with van der Waals surface area (Å²) in [6, 6.07) is 4.22. The number of carbonyl (C=O) groups excluding carboxylic acids is 1. The third-order valence-electron chi connectivity index (χ3n) is 2.32. The lowest BCUT2D eigenvalue weighted by Gasteiger charge is -2.10. The number of alkyl halides is 1. The van der Waals surface area contributed by atoms with Gasteiger partial charge in [0, 0.05) is 17.7 Å². The lowest BCUT2D eigenvalue weighted by molar-refractivity contribution is -0.384. The molecule has 1 aromatic rings. The van der Waals surface area contributed by atoms with Gasteiger partial charge in [0.15, 0.2) is 0 Å². The number of ether oxygens (including phenoxy) is 1. The Hall–Kier alpha value is -1.62. The summed E-state index contributed by atoms with van der Waals surface area (Å²) >= 11 is 5.84. The fraction of sp³-hybridized carbons (Fsp3) is 0.364. The van der Waals surface area contributed by atoms with Gasteiger partial charge in [-0.05, 0) is 19.4 Å². The number of ketones is 1. The van der Waals surface area contributed by atoms with Crippen LogP contribution in [0.3, 0.4) is 0 Å². The Morgan fingerprint density at radius 1 is 1.59 bits per heavy atom. The number of nitro benzene ring substituents is 1. The molecule has 0 bridgehead atoms. The molecule has 1 aromatic carbocycles. The average Bonchev–Trinajstić information content (AvgIpc) is 2.28. The van der Waals surface area contributed by atoms with Crippen LogP contribution in [0.2, 0.25) is 0 Å². The summed E-state index contributed by atoms with van der Waals surface area (Å²) in [5.74, 6) is 0.308. The summed E-state index contributed by atoms with van der Waals surface area (Å²) in [5.41, 5.74) is 0.505. The SMILES string of the molecule is COc1ccc([N+](=O)[O-])cc1CC(Cl)C(C)=O. The van der Waals surface area contributed by atoms with Crippen molar-refractivity contribution >= 4 is 23.1 Å². The van der Waals surface area contributed by atoms with E-state index >= 15 is 0 Å². The van der Waals surface area contributed by atoms with Gasteiger partial charge in [0.2, 0.25) is 0 Å². The highest BCUT2D eigenvalue weighted by atomic mass is 35.5. The first-order chi connectivity index (χ1) is 7.95. The van der Waals surface area contributed by atoms with Gasteiger partial charge >= 0.3 is 0 Å². The van der Waals surface area contributed by atoms with Crippen molar-refractivity contribution < 1.29 is 14.5 Å². The number of halogens is 1. The Balaban J connectivity index is 3.06. The number of rotatable bonds is 5. The molecule has 5 nitrogen and oxygen atoms in total. The molecule has 0 saturated carbocycles. The first kappa shape index (κ1) is 13.4. The summed E-state index contributed by atoms with van der Waals surface area (Å²) < 4.78 is 5.07. The van der Waals surface area contributed by atoms with E-state index < -0.39 is 10.3 Å². The highest BCUT2D eigenvalue weighted by Gasteiger charge is 2.17. The summed E-state index contributed by atoms with van der Waals surface area (Å²) in [6.45, 7) is 1.38. The number of carbonyl (C=O) groups is 1. The van der Waals surface area contributed by atoms with E-state index in [1.165, 1.54) is 32.2 Å². The summed E-state index contributed by atoms with van der Waals surface area (Å²) in [6.07, 6.45) is 0.210. The van der Waals surface area contributed by atoms with Crippen LogP contribution in [-0.4, -0.2) is 23.2 Å². The molecule has 0 N–H and O–H groups in total. The fourth-order valence-electron chi connectivity index (χ4n) is 1.37. The van der Waals surface area contributed by atoms with Gasteiger partial charge < -0.3 is 4.74 Å². The molecule has 0 fully saturated rings. The minimum Gasteiger partial charge on any atom is -0.496 e. The van der Waals surface area contributed by atoms with E-state index in [4.69, 9.17) is 16.3 Å². The van der Waals surface area contributed by atoms with Gasteiger partial charge in [-0.1, -0.05) is 0 Å². The molecule has 0 radical (unpaired) electrons. The molecule has 1 unspecified atom stereocenters. The second-order valence-electron chi connectivity index (χ2n) is 3.54. The maximum atomic E-state index is 11.1. The molecule has 0 aliphatic carbocycles. The molecule has 1 rings (SSSR count). The van der Waals surface area contributed by atoms with Crippen LogP contribution in [0.4, 0.5) is 5.69 Å². The molecular weight excluding hydrogens is 246 g/mol. The zero-order valence-electron chi connectivity index (χ0n) is 9.47. The van der Waals surface area contributed by atoms with Gasteiger partial charge in [0.05, 0.1) is 17.4 Å². The predicted octanol–water partition coefficient (Wildman–Crippen LogP) is 2.34. The Morgan fingerprint density at radius 3 is 2.71 bits per heavy atom. The minimum absolute atomic E-state index is 0.0479. The quantitative estimate of drug-likeness (QED) is 0.461. The number of benzene rings is 1. The number of Topliss-reactive ketones (excluding diaryl/α,β-unsaturated/α-hetero) is 1. The molecule has 0 heterocycles. The van der Waals surface area contributed by atoms with Gasteiger partial charge in [-0.2, -0.15) is 0 Å². The van der Waals surface area contributed by atoms with Crippen LogP contribution in [0.1, 0.15) is 12.5 Å². The largest absolute Gasteiger partial charge is 0.496 e. The van der Waals surface area contributed by atoms with E-state index in [0.29, 0.717) is 11.3 Å². The van der Waals surface area contributed by atoms with E-state index in [2.05, 4.69) is 0 Å². The highest BCUT2D eigenvalue weighted by molar-refractivity contribution is 6.30. The molecule has 0 aliphatic rings. The van der Waals surface area contributed by atoms with Crippen molar-refractivity contribution in [2.45, 2.75) is 18.7 Å². The molecule has 0 saturated heterocycles. The molecule has 0 spiro atoms. The summed E-state index contributed by atoms with van der Waals surface area (Å²) in [7, 11) is 1.46. The number of methoxy groups -OCH3 is 1. The van der Waals surface area contributed by atoms with Crippen molar-refractivity contribution in [3.63, 3.8) is 0 Å². The lowest BCUT2D eigenvalue weighted by Crippen LogP contribution is -2.14. The van der Waals surface area contributed by atoms with E-state index in [1.807, 2.05) is 0 Å². The van der Waals surface area contributed by atoms with Crippen LogP contribution in [0.25, 0.3) is 0 Å². The average molecular weight is 258 g/mol. The molecule has 0 aliphatic heterocycles. The molecule has 1 atom stereocenters. The third-order valence-corrected chi connectivity index (χ3v) is 2.78. The Kier molecular flexibility index (Phi) is 4.45. The van der Waals surface area contributed by atoms with Crippen molar-refractivity contribution in [2.75, 3.05) is 7.11 Å². The van der Waals surface area contributed by atoms with Crippen molar-refractivity contribution in [2.24, 2.45) is 0 Å². The maximum Gasteiger partial charge on any atom is 0.269 e. The van der Waals surface area contributed by atoms with Gasteiger partial charge in [0.25, 0.3) is 5.69 Å². The van der Waals surface area contributed by atoms with Crippen molar-refractivity contribution in [1.29, 1.82) is 0 Å². The number of non-ortho nitro benzene ring substituents is 1. The Morgan fingerprint density at radius 2 is 2.24 bits per heavy atom. The van der Waals surface area contributed by atoms with Crippen molar-refractivity contribution in [3.8, 4) is 5.75 Å². The Bertz CT molecular complexity index is 447. The maximum absolute atomic E-state index is 11.1. The van der Waals surface area contributed by atoms with E-state index in [9.17, 15) is 14.9 Å². The van der Waals surface area contributed by atoms with Crippen molar-refractivity contribution in [3.05, 3.63) is 33.9 Å². The van der Waals surface area contributed by atoms with Crippen LogP contribution in [0, 0.1) is 10.1 Å². The fourth-order valence-corrected chi connectivity index (χ4v) is 1.54. The van der Waals surface area contributed by atoms with Crippen LogP contribution in [-0.2, 0) is 11.2 Å². The normalized spacial score (nSPS) is 11.9. The molecule has 6 heteroatoms. The van der Waals surface area contributed by atoms with Crippen LogP contribution >= 0.6 is 11.6 Å². The van der Waals surface area contributed by atoms with Crippen LogP contribution < -0.4 is 4.74 Å². The topological polar surface area (TPSA) is 69.4 Å². The molecule has 17 heavy (non-hydrogen) atoms. The highest BCUT2D eigenvalue weighted by Crippen LogP contribution is 2.26. The van der Waals surface area contributed by atoms with Gasteiger partial charge in [0.1, 0.15) is 11.5 Å². The third kappa shape index (κ3) is 3.42. The number of hydrogen-bond donors (Lipinski definition) is 0. The van der Waals surface area contributed by atoms with Gasteiger partial charge in [-0.25, -0.2) is 0 Å². The minimum atomic E-state index is -0.703. The van der Waals surface area contributed by atoms with E-state index in [-0.39, 0.29) is 17.9 Å². The summed E-state index contributed by atoms with van der Waals surface area (Å²) in [4.78, 5) is 21.2. The molecular formula is C11H12ClNO4.